The van der Waals surface area contributed by atoms with Crippen molar-refractivity contribution in [1.29, 1.82) is 0 Å². The Labute approximate surface area is 141 Å². The number of pyridine rings is 1. The van der Waals surface area contributed by atoms with Crippen LogP contribution in [0, 0.1) is 0 Å². The highest BCUT2D eigenvalue weighted by molar-refractivity contribution is 5.88. The van der Waals surface area contributed by atoms with E-state index in [2.05, 4.69) is 30.4 Å². The van der Waals surface area contributed by atoms with E-state index in [4.69, 9.17) is 14.4 Å². The van der Waals surface area contributed by atoms with Crippen LogP contribution < -0.4 is 5.32 Å². The number of rotatable bonds is 7. The quantitative estimate of drug-likeness (QED) is 0.647. The number of carboxylic acid groups (broad SMARTS) is 1. The van der Waals surface area contributed by atoms with Gasteiger partial charge in [-0.05, 0) is 18.2 Å². The number of carbonyl (C=O) groups is 1. The minimum atomic E-state index is -1.03. The zero-order chi connectivity index (χ0) is 17.6. The molecule has 2 N–H and O–H groups in total. The van der Waals surface area contributed by atoms with Gasteiger partial charge in [0.15, 0.2) is 5.82 Å². The first-order valence-electron chi connectivity index (χ1n) is 7.23. The first-order valence-corrected chi connectivity index (χ1v) is 7.23. The number of methoxy groups -OCH3 is 1. The van der Waals surface area contributed by atoms with Crippen molar-refractivity contribution < 1.29 is 19.2 Å². The predicted molar refractivity (Wildman–Crippen MR) is 84.6 cm³/mol. The van der Waals surface area contributed by atoms with Crippen molar-refractivity contribution in [2.45, 2.75) is 13.2 Å². The van der Waals surface area contributed by atoms with Crippen molar-refractivity contribution in [2.75, 3.05) is 12.4 Å². The van der Waals surface area contributed by atoms with Crippen LogP contribution in [-0.2, 0) is 17.9 Å². The van der Waals surface area contributed by atoms with Crippen molar-refractivity contribution in [2.24, 2.45) is 0 Å². The van der Waals surface area contributed by atoms with Crippen LogP contribution in [0.2, 0.25) is 0 Å². The molecule has 0 aliphatic heterocycles. The lowest BCUT2D eigenvalue weighted by molar-refractivity contribution is 0.0697. The monoisotopic (exact) mass is 342 g/mol. The van der Waals surface area contributed by atoms with E-state index in [0.29, 0.717) is 29.1 Å². The van der Waals surface area contributed by atoms with Crippen molar-refractivity contribution in [3.8, 4) is 11.4 Å². The second-order valence-electron chi connectivity index (χ2n) is 4.89. The fourth-order valence-electron chi connectivity index (χ4n) is 1.99. The number of nitrogens with one attached hydrogen (secondary N) is 1. The number of aromatic carboxylic acids is 1. The summed E-state index contributed by atoms with van der Waals surface area (Å²) in [6, 6.07) is 4.51. The van der Waals surface area contributed by atoms with E-state index < -0.39 is 5.97 Å². The van der Waals surface area contributed by atoms with Crippen LogP contribution in [0.5, 0.6) is 0 Å². The van der Waals surface area contributed by atoms with Gasteiger partial charge in [0.05, 0.1) is 23.5 Å². The Hall–Kier alpha value is -3.40. The van der Waals surface area contributed by atoms with Gasteiger partial charge in [-0.25, -0.2) is 14.8 Å². The van der Waals surface area contributed by atoms with Gasteiger partial charge in [0, 0.05) is 19.5 Å². The fourth-order valence-corrected chi connectivity index (χ4v) is 1.99. The summed E-state index contributed by atoms with van der Waals surface area (Å²) in [5.74, 6) is 0.119. The number of anilines is 1. The average molecular weight is 342 g/mol. The third kappa shape index (κ3) is 4.12. The van der Waals surface area contributed by atoms with Crippen molar-refractivity contribution in [3.63, 3.8) is 0 Å². The minimum absolute atomic E-state index is 0.135. The summed E-state index contributed by atoms with van der Waals surface area (Å²) in [4.78, 5) is 27.7. The molecule has 25 heavy (non-hydrogen) atoms. The number of hydrogen-bond acceptors (Lipinski definition) is 9. The molecule has 0 saturated carbocycles. The van der Waals surface area contributed by atoms with Gasteiger partial charge in [-0.1, -0.05) is 5.16 Å². The molecule has 3 aromatic rings. The van der Waals surface area contributed by atoms with Gasteiger partial charge in [-0.3, -0.25) is 4.98 Å². The second-order valence-corrected chi connectivity index (χ2v) is 4.89. The lowest BCUT2D eigenvalue weighted by Gasteiger charge is -2.05. The van der Waals surface area contributed by atoms with Crippen LogP contribution >= 0.6 is 0 Å². The van der Waals surface area contributed by atoms with Crippen molar-refractivity contribution in [1.82, 2.24) is 25.1 Å². The number of aromatic nitrogens is 5. The maximum absolute atomic E-state index is 11.1. The Morgan fingerprint density at radius 1 is 1.24 bits per heavy atom. The Kier molecular flexibility index (Phi) is 4.90. The molecule has 3 aromatic heterocycles. The van der Waals surface area contributed by atoms with E-state index in [0.717, 1.165) is 0 Å². The predicted octanol–water partition coefficient (Wildman–Crippen LogP) is 1.38. The first-order chi connectivity index (χ1) is 12.2. The lowest BCUT2D eigenvalue weighted by Crippen LogP contribution is -2.06. The summed E-state index contributed by atoms with van der Waals surface area (Å²) < 4.78 is 9.89. The molecule has 0 radical (unpaired) electrons. The third-order valence-corrected chi connectivity index (χ3v) is 3.11. The van der Waals surface area contributed by atoms with Gasteiger partial charge in [-0.2, -0.15) is 4.98 Å². The van der Waals surface area contributed by atoms with Gasteiger partial charge < -0.3 is 19.7 Å². The molecule has 128 valence electrons. The molecular formula is C15H14N6O4. The Bertz CT molecular complexity index is 882. The molecule has 0 unspecified atom stereocenters. The van der Waals surface area contributed by atoms with Crippen LogP contribution in [0.4, 0.5) is 5.95 Å². The largest absolute Gasteiger partial charge is 0.478 e. The zero-order valence-corrected chi connectivity index (χ0v) is 13.2. The second kappa shape index (κ2) is 7.45. The van der Waals surface area contributed by atoms with Crippen LogP contribution in [-0.4, -0.2) is 43.3 Å². The van der Waals surface area contributed by atoms with Crippen molar-refractivity contribution in [3.05, 3.63) is 47.9 Å². The van der Waals surface area contributed by atoms with Gasteiger partial charge >= 0.3 is 5.97 Å². The number of hydrogen-bond donors (Lipinski definition) is 2. The summed E-state index contributed by atoms with van der Waals surface area (Å²) in [5.41, 5.74) is 1.07. The highest BCUT2D eigenvalue weighted by Gasteiger charge is 2.09. The van der Waals surface area contributed by atoms with Crippen LogP contribution in [0.25, 0.3) is 11.4 Å². The van der Waals surface area contributed by atoms with E-state index in [1.54, 1.807) is 12.3 Å². The molecule has 3 heterocycles. The van der Waals surface area contributed by atoms with E-state index in [1.165, 1.54) is 25.4 Å². The minimum Gasteiger partial charge on any atom is -0.478 e. The maximum atomic E-state index is 11.1. The summed E-state index contributed by atoms with van der Waals surface area (Å²) in [6.07, 6.45) is 2.97. The molecule has 0 amide bonds. The zero-order valence-electron chi connectivity index (χ0n) is 13.2. The van der Waals surface area contributed by atoms with Crippen LogP contribution in [0.3, 0.4) is 0 Å². The fraction of sp³-hybridized carbons (Fsp3) is 0.200. The standard InChI is InChI=1S/C15H14N6O4/c1-24-8-13-20-12(21-25-13)7-18-15-17-5-3-10(19-15)11-6-9(14(22)23)2-4-16-11/h2-6H,7-8H2,1H3,(H,22,23)(H,17,18,19). The molecule has 0 atom stereocenters. The molecule has 10 heteroatoms. The molecule has 0 fully saturated rings. The molecule has 0 bridgehead atoms. The van der Waals surface area contributed by atoms with E-state index in [1.807, 2.05) is 0 Å². The number of nitrogens with zero attached hydrogens (tertiary/aromatic N) is 5. The van der Waals surface area contributed by atoms with E-state index >= 15 is 0 Å². The van der Waals surface area contributed by atoms with Gasteiger partial charge in [0.1, 0.15) is 6.61 Å². The smallest absolute Gasteiger partial charge is 0.335 e. The third-order valence-electron chi connectivity index (χ3n) is 3.11. The summed E-state index contributed by atoms with van der Waals surface area (Å²) in [7, 11) is 1.54. The van der Waals surface area contributed by atoms with E-state index in [-0.39, 0.29) is 18.7 Å². The van der Waals surface area contributed by atoms with Gasteiger partial charge in [-0.15, -0.1) is 0 Å². The molecule has 3 rings (SSSR count). The lowest BCUT2D eigenvalue weighted by atomic mass is 10.2. The Balaban J connectivity index is 1.72. The first kappa shape index (κ1) is 16.5. The van der Waals surface area contributed by atoms with Crippen molar-refractivity contribution >= 4 is 11.9 Å². The molecule has 0 aliphatic rings. The Morgan fingerprint density at radius 3 is 2.88 bits per heavy atom. The SMILES string of the molecule is COCc1nc(CNc2nccc(-c3cc(C(=O)O)ccn3)n2)no1. The molecular weight excluding hydrogens is 328 g/mol. The van der Waals surface area contributed by atoms with Crippen LogP contribution in [0.15, 0.2) is 35.1 Å². The average Bonchev–Trinajstić information content (AvgIpc) is 3.08. The molecule has 0 saturated heterocycles. The molecule has 0 aliphatic carbocycles. The molecule has 10 nitrogen and oxygen atoms in total. The molecule has 0 aromatic carbocycles. The normalized spacial score (nSPS) is 10.6. The maximum Gasteiger partial charge on any atom is 0.335 e. The highest BCUT2D eigenvalue weighted by Crippen LogP contribution is 2.16. The topological polar surface area (TPSA) is 136 Å². The Morgan fingerprint density at radius 2 is 2.08 bits per heavy atom. The summed E-state index contributed by atoms with van der Waals surface area (Å²) >= 11 is 0. The molecule has 0 spiro atoms. The van der Waals surface area contributed by atoms with Gasteiger partial charge in [0.2, 0.25) is 5.95 Å². The van der Waals surface area contributed by atoms with Gasteiger partial charge in [0.25, 0.3) is 5.89 Å². The van der Waals surface area contributed by atoms with E-state index in [9.17, 15) is 4.79 Å². The summed E-state index contributed by atoms with van der Waals surface area (Å²) in [5, 5.41) is 15.8. The highest BCUT2D eigenvalue weighted by atomic mass is 16.5. The van der Waals surface area contributed by atoms with Crippen LogP contribution in [0.1, 0.15) is 22.1 Å². The number of carboxylic acids is 1. The summed E-state index contributed by atoms with van der Waals surface area (Å²) in [6.45, 7) is 0.504. The number of ether oxygens (including phenoxy) is 1.